The van der Waals surface area contributed by atoms with Crippen LogP contribution in [0.3, 0.4) is 0 Å². The molecule has 1 atom stereocenters. The van der Waals surface area contributed by atoms with Gasteiger partial charge < -0.3 is 25.4 Å². The van der Waals surface area contributed by atoms with Crippen LogP contribution in [0.4, 0.5) is 10.1 Å². The maximum absolute atomic E-state index is 15.1. The summed E-state index contributed by atoms with van der Waals surface area (Å²) in [6.45, 7) is 1.72. The molecular weight excluding hydrogens is 654 g/mol. The minimum atomic E-state index is -0.575. The van der Waals surface area contributed by atoms with Gasteiger partial charge in [-0.15, -0.1) is 36.2 Å². The van der Waals surface area contributed by atoms with Gasteiger partial charge in [0.2, 0.25) is 5.91 Å². The van der Waals surface area contributed by atoms with Crippen molar-refractivity contribution in [2.45, 2.75) is 25.3 Å². The number of nitrogens with zero attached hydrogens (tertiary/aromatic N) is 1. The third-order valence-corrected chi connectivity index (χ3v) is 8.39. The number of halogens is 3. The fourth-order valence-corrected chi connectivity index (χ4v) is 6.15. The van der Waals surface area contributed by atoms with Gasteiger partial charge in [-0.05, 0) is 85.2 Å². The van der Waals surface area contributed by atoms with Crippen molar-refractivity contribution in [2.75, 3.05) is 18.5 Å². The van der Waals surface area contributed by atoms with Gasteiger partial charge in [0, 0.05) is 34.9 Å². The van der Waals surface area contributed by atoms with Crippen molar-refractivity contribution >= 4 is 75.3 Å². The number of nitrogens with one attached hydrogen (secondary N) is 3. The Kier molecular flexibility index (Phi) is 12.1. The van der Waals surface area contributed by atoms with Crippen molar-refractivity contribution in [2.24, 2.45) is 0 Å². The molecule has 7 nitrogen and oxygen atoms in total. The van der Waals surface area contributed by atoms with E-state index in [0.29, 0.717) is 24.1 Å². The molecule has 5 aromatic rings. The van der Waals surface area contributed by atoms with Gasteiger partial charge in [0.1, 0.15) is 18.1 Å². The lowest BCUT2D eigenvalue weighted by molar-refractivity contribution is -0.119. The van der Waals surface area contributed by atoms with Gasteiger partial charge in [-0.2, -0.15) is 0 Å². The summed E-state index contributed by atoms with van der Waals surface area (Å²) in [5.41, 5.74) is 3.06. The lowest BCUT2D eigenvalue weighted by atomic mass is 10.1. The van der Waals surface area contributed by atoms with Gasteiger partial charge in [-0.1, -0.05) is 30.3 Å². The van der Waals surface area contributed by atoms with Crippen LogP contribution in [0.5, 0.6) is 17.2 Å². The molecule has 12 heteroatoms. The Morgan fingerprint density at radius 1 is 1.02 bits per heavy atom. The Hall–Kier alpha value is -3.80. The molecule has 2 aromatic heterocycles. The van der Waals surface area contributed by atoms with Gasteiger partial charge in [-0.25, -0.2) is 4.39 Å². The Bertz CT molecular complexity index is 1750. The molecule has 0 bridgehead atoms. The Balaban J connectivity index is 0.00000230. The molecule has 6 rings (SSSR count). The number of pyridine rings is 1. The number of carbonyl (C=O) groups excluding carboxylic acids is 1. The summed E-state index contributed by atoms with van der Waals surface area (Å²) in [5.74, 6) is 0.569. The van der Waals surface area contributed by atoms with Crippen LogP contribution in [0, 0.1) is 5.82 Å². The molecule has 0 radical (unpaired) electrons. The van der Waals surface area contributed by atoms with Crippen molar-refractivity contribution in [3.63, 3.8) is 0 Å². The molecule has 45 heavy (non-hydrogen) atoms. The number of benzene rings is 3. The Morgan fingerprint density at radius 3 is 2.56 bits per heavy atom. The molecule has 3 N–H and O–H groups in total. The van der Waals surface area contributed by atoms with E-state index in [1.54, 1.807) is 18.3 Å². The van der Waals surface area contributed by atoms with E-state index >= 15 is 4.39 Å². The van der Waals surface area contributed by atoms with E-state index in [-0.39, 0.29) is 48.0 Å². The zero-order valence-electron chi connectivity index (χ0n) is 24.0. The van der Waals surface area contributed by atoms with Crippen molar-refractivity contribution in [3.8, 4) is 27.7 Å². The SMILES string of the molecule is Cl.Cl.O=C(Cc1ccccc1)NC(=S)Nc1ccc(Oc2ccnc3cc(-c4ccc(OCC5CCCN5)cc4)sc23)c(F)c1. The molecule has 3 heterocycles. The van der Waals surface area contributed by atoms with Crippen LogP contribution >= 0.6 is 48.4 Å². The summed E-state index contributed by atoms with van der Waals surface area (Å²) < 4.78 is 27.8. The van der Waals surface area contributed by atoms with Gasteiger partial charge in [-0.3, -0.25) is 9.78 Å². The largest absolute Gasteiger partial charge is 0.492 e. The molecule has 0 spiro atoms. The van der Waals surface area contributed by atoms with Gasteiger partial charge in [0.15, 0.2) is 16.7 Å². The zero-order valence-corrected chi connectivity index (χ0v) is 27.2. The topological polar surface area (TPSA) is 84.5 Å². The molecule has 0 aliphatic carbocycles. The van der Waals surface area contributed by atoms with E-state index in [9.17, 15) is 4.79 Å². The molecule has 1 saturated heterocycles. The van der Waals surface area contributed by atoms with Crippen LogP contribution < -0.4 is 25.4 Å². The lowest BCUT2D eigenvalue weighted by Crippen LogP contribution is -2.35. The maximum Gasteiger partial charge on any atom is 0.230 e. The first kappa shape index (κ1) is 34.1. The van der Waals surface area contributed by atoms with Crippen molar-refractivity contribution < 1.29 is 18.7 Å². The predicted molar refractivity (Wildman–Crippen MR) is 187 cm³/mol. The van der Waals surface area contributed by atoms with Crippen LogP contribution in [-0.2, 0) is 11.2 Å². The molecule has 1 aliphatic heterocycles. The molecule has 3 aromatic carbocycles. The second kappa shape index (κ2) is 16.0. The average molecular weight is 686 g/mol. The first-order valence-electron chi connectivity index (χ1n) is 14.0. The molecule has 234 valence electrons. The standard InChI is InChI=1S/C33H29FN4O3S2.2ClH/c34-26-18-23(37-33(42)38-31(39)17-21-5-2-1-3-6-21)10-13-28(26)41-29-14-16-36-27-19-30(43-32(27)29)22-8-11-25(12-9-22)40-20-24-7-4-15-35-24;;/h1-3,5-6,8-14,16,18-19,24,35H,4,7,15,17,20H2,(H2,37,38,39,42);2*1H. The van der Waals surface area contributed by atoms with E-state index in [1.807, 2.05) is 60.7 Å². The molecule has 1 amide bonds. The number of amides is 1. The third kappa shape index (κ3) is 8.90. The molecule has 1 unspecified atom stereocenters. The summed E-state index contributed by atoms with van der Waals surface area (Å²) in [5, 5.41) is 9.00. The number of carbonyl (C=O) groups is 1. The molecule has 1 aliphatic rings. The Morgan fingerprint density at radius 2 is 1.82 bits per heavy atom. The smallest absolute Gasteiger partial charge is 0.230 e. The van der Waals surface area contributed by atoms with Crippen molar-refractivity contribution in [3.05, 3.63) is 103 Å². The van der Waals surface area contributed by atoms with Crippen LogP contribution in [0.2, 0.25) is 0 Å². The lowest BCUT2D eigenvalue weighted by Gasteiger charge is -2.12. The highest BCUT2D eigenvalue weighted by Gasteiger charge is 2.16. The zero-order chi connectivity index (χ0) is 29.6. The van der Waals surface area contributed by atoms with Gasteiger partial charge in [0.05, 0.1) is 16.6 Å². The minimum Gasteiger partial charge on any atom is -0.492 e. The summed E-state index contributed by atoms with van der Waals surface area (Å²) in [6.07, 6.45) is 4.17. The number of anilines is 1. The van der Waals surface area contributed by atoms with Crippen LogP contribution in [0.25, 0.3) is 20.7 Å². The quantitative estimate of drug-likeness (QED) is 0.136. The van der Waals surface area contributed by atoms with Gasteiger partial charge >= 0.3 is 0 Å². The number of thiocarbonyl (C=S) groups is 1. The number of thiophene rings is 1. The van der Waals surface area contributed by atoms with E-state index < -0.39 is 5.82 Å². The summed E-state index contributed by atoms with van der Waals surface area (Å²) >= 11 is 6.76. The number of fused-ring (bicyclic) bond motifs is 1. The van der Waals surface area contributed by atoms with Crippen LogP contribution in [-0.4, -0.2) is 35.2 Å². The number of hydrogen-bond acceptors (Lipinski definition) is 7. The number of ether oxygens (including phenoxy) is 2. The first-order valence-corrected chi connectivity index (χ1v) is 15.2. The van der Waals surface area contributed by atoms with Crippen molar-refractivity contribution in [1.82, 2.24) is 15.6 Å². The average Bonchev–Trinajstić information content (AvgIpc) is 3.69. The van der Waals surface area contributed by atoms with E-state index in [4.69, 9.17) is 21.7 Å². The summed E-state index contributed by atoms with van der Waals surface area (Å²) in [4.78, 5) is 17.8. The summed E-state index contributed by atoms with van der Waals surface area (Å²) in [6, 6.07) is 25.9. The van der Waals surface area contributed by atoms with Gasteiger partial charge in [0.25, 0.3) is 0 Å². The summed E-state index contributed by atoms with van der Waals surface area (Å²) in [7, 11) is 0. The number of aromatic nitrogens is 1. The monoisotopic (exact) mass is 684 g/mol. The third-order valence-electron chi connectivity index (χ3n) is 7.00. The highest BCUT2D eigenvalue weighted by atomic mass is 35.5. The molecule has 0 saturated carbocycles. The maximum atomic E-state index is 15.1. The highest BCUT2D eigenvalue weighted by molar-refractivity contribution is 7.80. The van der Waals surface area contributed by atoms with Crippen LogP contribution in [0.1, 0.15) is 18.4 Å². The Labute approximate surface area is 282 Å². The predicted octanol–water partition coefficient (Wildman–Crippen LogP) is 7.92. The fourth-order valence-electron chi connectivity index (χ4n) is 4.84. The van der Waals surface area contributed by atoms with Crippen LogP contribution in [0.15, 0.2) is 91.1 Å². The second-order valence-electron chi connectivity index (χ2n) is 10.2. The second-order valence-corrected chi connectivity index (χ2v) is 11.6. The van der Waals surface area contributed by atoms with Crippen molar-refractivity contribution in [1.29, 1.82) is 0 Å². The normalized spacial score (nSPS) is 13.8. The fraction of sp³-hybridized carbons (Fsp3) is 0.182. The first-order chi connectivity index (χ1) is 21.0. The molecular formula is C33H31Cl2FN4O3S2. The number of hydrogen-bond donors (Lipinski definition) is 3. The number of rotatable bonds is 9. The van der Waals surface area contributed by atoms with E-state index in [2.05, 4.69) is 20.9 Å². The van der Waals surface area contributed by atoms with E-state index in [1.165, 1.54) is 29.9 Å². The minimum absolute atomic E-state index is 0. The van der Waals surface area contributed by atoms with E-state index in [0.717, 1.165) is 44.9 Å². The molecule has 1 fully saturated rings. The highest BCUT2D eigenvalue weighted by Crippen LogP contribution is 2.40.